The molecule has 2 N–H and O–H groups in total. The summed E-state index contributed by atoms with van der Waals surface area (Å²) in [5, 5.41) is 20.2. The lowest BCUT2D eigenvalue weighted by molar-refractivity contribution is -0.145. The van der Waals surface area contributed by atoms with Gasteiger partial charge in [0.05, 0.1) is 21.5 Å². The third kappa shape index (κ3) is 10.6. The van der Waals surface area contributed by atoms with Crippen LogP contribution in [0.25, 0.3) is 11.1 Å². The number of halogens is 2. The second-order valence-electron chi connectivity index (χ2n) is 14.5. The molecule has 2 saturated heterocycles. The highest BCUT2D eigenvalue weighted by molar-refractivity contribution is 7.90. The number of hydrogen-bond donors (Lipinski definition) is 2. The number of aliphatic carboxylic acids is 2. The van der Waals surface area contributed by atoms with E-state index in [1.807, 2.05) is 53.1 Å². The largest absolute Gasteiger partial charge is 0.492 e. The number of carboxylic acids is 2. The van der Waals surface area contributed by atoms with E-state index < -0.39 is 33.9 Å². The maximum atomic E-state index is 12.2. The van der Waals surface area contributed by atoms with Gasteiger partial charge in [-0.25, -0.2) is 8.42 Å². The van der Waals surface area contributed by atoms with Gasteiger partial charge in [-0.1, -0.05) is 60.0 Å². The second-order valence-corrected chi connectivity index (χ2v) is 17.3. The zero-order chi connectivity index (χ0) is 40.7. The molecule has 2 atom stereocenters. The van der Waals surface area contributed by atoms with Crippen LogP contribution in [0.15, 0.2) is 71.9 Å². The highest BCUT2D eigenvalue weighted by atomic mass is 35.5. The summed E-state index contributed by atoms with van der Waals surface area (Å²) in [6.45, 7) is 4.84. The van der Waals surface area contributed by atoms with E-state index in [1.54, 1.807) is 12.1 Å². The van der Waals surface area contributed by atoms with Crippen molar-refractivity contribution in [1.29, 1.82) is 0 Å². The molecule has 2 aliphatic heterocycles. The molecular weight excluding hydrogens is 793 g/mol. The summed E-state index contributed by atoms with van der Waals surface area (Å²) in [4.78, 5) is 31.7. The molecule has 0 spiro atoms. The summed E-state index contributed by atoms with van der Waals surface area (Å²) in [5.41, 5.74) is 4.74. The van der Waals surface area contributed by atoms with Gasteiger partial charge in [0.15, 0.2) is 9.84 Å². The van der Waals surface area contributed by atoms with Crippen LogP contribution in [0, 0.1) is 6.92 Å². The number of piperidine rings is 1. The molecule has 57 heavy (non-hydrogen) atoms. The van der Waals surface area contributed by atoms with E-state index in [-0.39, 0.29) is 24.7 Å². The predicted octanol–water partition coefficient (Wildman–Crippen LogP) is 7.68. The maximum absolute atomic E-state index is 12.2. The third-order valence-corrected chi connectivity index (χ3v) is 12.3. The Kier molecular flexibility index (Phi) is 14.0. The number of likely N-dealkylation sites (tertiary alicyclic amines) is 2. The predicted molar refractivity (Wildman–Crippen MR) is 217 cm³/mol. The monoisotopic (exact) mass is 839 g/mol. The van der Waals surface area contributed by atoms with Crippen LogP contribution >= 0.6 is 23.2 Å². The number of rotatable bonds is 17. The Balaban J connectivity index is 1.19. The average Bonchev–Trinajstić information content (AvgIpc) is 3.66. The maximum Gasteiger partial charge on any atom is 0.320 e. The third-order valence-electron chi connectivity index (χ3n) is 10.6. The summed E-state index contributed by atoms with van der Waals surface area (Å²) in [6, 6.07) is 15.4. The quantitative estimate of drug-likeness (QED) is 0.100. The van der Waals surface area contributed by atoms with Crippen LogP contribution in [0.1, 0.15) is 60.8 Å². The smallest absolute Gasteiger partial charge is 0.320 e. The molecule has 3 heterocycles. The number of carboxylic acid groups (broad SMARTS) is 2. The van der Waals surface area contributed by atoms with Crippen molar-refractivity contribution in [2.75, 3.05) is 32.5 Å². The minimum absolute atomic E-state index is 0.00111. The average molecular weight is 841 g/mol. The molecule has 6 rings (SSSR count). The van der Waals surface area contributed by atoms with E-state index in [2.05, 4.69) is 4.98 Å². The molecule has 0 aliphatic carbocycles. The van der Waals surface area contributed by atoms with Crippen molar-refractivity contribution in [3.63, 3.8) is 0 Å². The lowest BCUT2D eigenvalue weighted by Gasteiger charge is -2.33. The number of hydrogen-bond acceptors (Lipinski definition) is 10. The lowest BCUT2D eigenvalue weighted by Crippen LogP contribution is -2.44. The van der Waals surface area contributed by atoms with Gasteiger partial charge in [0.1, 0.15) is 42.5 Å². The molecule has 0 bridgehead atoms. The van der Waals surface area contributed by atoms with E-state index in [9.17, 15) is 28.2 Å². The molecule has 12 nitrogen and oxygen atoms in total. The first kappa shape index (κ1) is 42.2. The Hall–Kier alpha value is -4.40. The number of nitrogens with zero attached hydrogens (tertiary/aromatic N) is 3. The fourth-order valence-corrected chi connectivity index (χ4v) is 8.61. The summed E-state index contributed by atoms with van der Waals surface area (Å²) < 4.78 is 43.0. The molecule has 0 amide bonds. The molecule has 2 fully saturated rings. The number of sulfone groups is 1. The molecule has 0 saturated carbocycles. The minimum Gasteiger partial charge on any atom is -0.492 e. The van der Waals surface area contributed by atoms with E-state index in [4.69, 9.17) is 37.4 Å². The molecule has 1 aromatic heterocycles. The van der Waals surface area contributed by atoms with Crippen molar-refractivity contribution in [2.24, 2.45) is 0 Å². The minimum atomic E-state index is -3.48. The van der Waals surface area contributed by atoms with Crippen molar-refractivity contribution in [3.05, 3.63) is 99.3 Å². The lowest BCUT2D eigenvalue weighted by atomic mass is 9.96. The van der Waals surface area contributed by atoms with E-state index >= 15 is 0 Å². The number of aromatic nitrogens is 1. The molecular formula is C42H47Cl2N3O9S. The van der Waals surface area contributed by atoms with Crippen LogP contribution in [0.5, 0.6) is 17.2 Å². The van der Waals surface area contributed by atoms with Gasteiger partial charge in [-0.05, 0) is 87.0 Å². The Morgan fingerprint density at radius 2 is 1.51 bits per heavy atom. The van der Waals surface area contributed by atoms with Crippen LogP contribution in [0.4, 0.5) is 0 Å². The van der Waals surface area contributed by atoms with Crippen LogP contribution in [-0.2, 0) is 39.2 Å². The Morgan fingerprint density at radius 1 is 0.807 bits per heavy atom. The summed E-state index contributed by atoms with van der Waals surface area (Å²) in [5.74, 6) is -0.338. The fraction of sp³-hybridized carbons (Fsp3) is 0.405. The summed E-state index contributed by atoms with van der Waals surface area (Å²) >= 11 is 13.8. The van der Waals surface area contributed by atoms with Crippen LogP contribution in [0.3, 0.4) is 0 Å². The van der Waals surface area contributed by atoms with Gasteiger partial charge in [-0.15, -0.1) is 0 Å². The molecule has 15 heteroatoms. The number of pyridine rings is 1. The van der Waals surface area contributed by atoms with Crippen molar-refractivity contribution >= 4 is 45.0 Å². The van der Waals surface area contributed by atoms with E-state index in [0.717, 1.165) is 54.3 Å². The Bertz CT molecular complexity index is 2200. The van der Waals surface area contributed by atoms with Gasteiger partial charge in [0, 0.05) is 54.5 Å². The van der Waals surface area contributed by atoms with Crippen LogP contribution in [0.2, 0.25) is 10.0 Å². The Morgan fingerprint density at radius 3 is 2.28 bits per heavy atom. The van der Waals surface area contributed by atoms with Gasteiger partial charge in [0.2, 0.25) is 0 Å². The van der Waals surface area contributed by atoms with E-state index in [0.29, 0.717) is 77.4 Å². The van der Waals surface area contributed by atoms with Gasteiger partial charge in [-0.3, -0.25) is 24.4 Å². The standard InChI is InChI=1S/C42H47Cl2N3O9S/c1-27-29(9-5-10-32(27)33-11-6-14-37(40(33)44)54-18-8-17-46-16-7-13-35(46)41(48)49)26-56-39-21-38(55-25-28-19-31(23-45-22-28)57(2,52)53)30(20-34(39)43)24-47-15-4-3-12-36(47)42(50)51/h5-6,9-11,14,19-23,35-36H,3-4,7-8,12-13,15-18,24-26H2,1-2H3,(H,48,49)(H,50,51)/t35-,36-/m0/s1. The van der Waals surface area contributed by atoms with Crippen molar-refractivity contribution in [3.8, 4) is 28.4 Å². The van der Waals surface area contributed by atoms with E-state index in [1.165, 1.54) is 18.5 Å². The van der Waals surface area contributed by atoms with Crippen molar-refractivity contribution < 1.29 is 42.4 Å². The fourth-order valence-electron chi connectivity index (χ4n) is 7.47. The van der Waals surface area contributed by atoms with Crippen LogP contribution < -0.4 is 14.2 Å². The topological polar surface area (TPSA) is 156 Å². The van der Waals surface area contributed by atoms with Crippen molar-refractivity contribution in [1.82, 2.24) is 14.8 Å². The molecule has 3 aromatic carbocycles. The number of ether oxygens (including phenoxy) is 3. The summed E-state index contributed by atoms with van der Waals surface area (Å²) in [6.07, 6.45) is 8.39. The first-order chi connectivity index (χ1) is 27.3. The van der Waals surface area contributed by atoms with Crippen molar-refractivity contribution in [2.45, 2.75) is 82.2 Å². The normalized spacial score (nSPS) is 17.7. The van der Waals surface area contributed by atoms with Gasteiger partial charge in [0.25, 0.3) is 0 Å². The second kappa shape index (κ2) is 18.9. The molecule has 304 valence electrons. The Labute approximate surface area is 343 Å². The molecule has 0 unspecified atom stereocenters. The first-order valence-corrected chi connectivity index (χ1v) is 21.6. The summed E-state index contributed by atoms with van der Waals surface area (Å²) in [7, 11) is -3.48. The van der Waals surface area contributed by atoms with Gasteiger partial charge >= 0.3 is 11.9 Å². The SMILES string of the molecule is Cc1c(COc2cc(OCc3cncc(S(C)(=O)=O)c3)c(CN3CCCC[C@H]3C(=O)O)cc2Cl)cccc1-c1cccc(OCCCN2CCC[C@H]2C(=O)O)c1Cl. The molecule has 4 aromatic rings. The zero-order valence-electron chi connectivity index (χ0n) is 32.0. The highest BCUT2D eigenvalue weighted by Gasteiger charge is 2.31. The van der Waals surface area contributed by atoms with Gasteiger partial charge in [-0.2, -0.15) is 0 Å². The first-order valence-electron chi connectivity index (χ1n) is 19.0. The highest BCUT2D eigenvalue weighted by Crippen LogP contribution is 2.39. The van der Waals surface area contributed by atoms with Crippen LogP contribution in [-0.4, -0.2) is 89.9 Å². The van der Waals surface area contributed by atoms with Gasteiger partial charge < -0.3 is 24.4 Å². The molecule has 2 aliphatic rings. The number of benzene rings is 3. The molecule has 0 radical (unpaired) electrons. The number of carbonyl (C=O) groups is 2. The zero-order valence-corrected chi connectivity index (χ0v) is 34.3.